The van der Waals surface area contributed by atoms with Gasteiger partial charge in [0.25, 0.3) is 0 Å². The Bertz CT molecular complexity index is 1110. The number of Topliss-reactive ketones (excluding diaryl/α,β-unsaturated/α-hetero) is 1. The summed E-state index contributed by atoms with van der Waals surface area (Å²) in [6.45, 7) is 8.69. The van der Waals surface area contributed by atoms with Crippen LogP contribution in [0.15, 0.2) is 36.7 Å². The Labute approximate surface area is 176 Å². The molecule has 2 fully saturated rings. The molecular formula is C24H28N4O2. The molecule has 2 aromatic heterocycles. The van der Waals surface area contributed by atoms with E-state index in [1.54, 1.807) is 0 Å². The molecule has 2 aliphatic rings. The van der Waals surface area contributed by atoms with Gasteiger partial charge in [-0.3, -0.25) is 9.78 Å². The third-order valence-corrected chi connectivity index (χ3v) is 6.57. The molecule has 6 nitrogen and oxygen atoms in total. The van der Waals surface area contributed by atoms with Crippen LogP contribution < -0.4 is 0 Å². The fourth-order valence-electron chi connectivity index (χ4n) is 4.52. The molecule has 0 aliphatic carbocycles. The van der Waals surface area contributed by atoms with E-state index in [0.29, 0.717) is 12.2 Å². The topological polar surface area (TPSA) is 60.3 Å². The summed E-state index contributed by atoms with van der Waals surface area (Å²) in [4.78, 5) is 24.1. The molecular weight excluding hydrogens is 376 g/mol. The number of ketones is 1. The molecule has 0 unspecified atom stereocenters. The lowest BCUT2D eigenvalue weighted by atomic mass is 9.84. The van der Waals surface area contributed by atoms with Crippen molar-refractivity contribution in [3.63, 3.8) is 0 Å². The molecule has 5 rings (SSSR count). The zero-order valence-corrected chi connectivity index (χ0v) is 17.9. The van der Waals surface area contributed by atoms with E-state index >= 15 is 0 Å². The fourth-order valence-corrected chi connectivity index (χ4v) is 4.52. The number of ether oxygens (including phenoxy) is 1. The van der Waals surface area contributed by atoms with Crippen LogP contribution >= 0.6 is 0 Å². The van der Waals surface area contributed by atoms with E-state index in [1.165, 1.54) is 0 Å². The number of carbonyl (C=O) groups is 1. The maximum Gasteiger partial charge on any atom is 0.144 e. The van der Waals surface area contributed by atoms with Crippen molar-refractivity contribution in [1.82, 2.24) is 19.4 Å². The summed E-state index contributed by atoms with van der Waals surface area (Å²) in [6.07, 6.45) is 4.19. The van der Waals surface area contributed by atoms with E-state index in [4.69, 9.17) is 4.74 Å². The normalized spacial score (nSPS) is 18.9. The molecule has 0 bridgehead atoms. The molecule has 30 heavy (non-hydrogen) atoms. The SMILES string of the molecule is Cc1ncc(-c2ccc3cnc(CC(=O)C4CN(CC5(C)COC5)C4)cc3c2)n1C. The summed E-state index contributed by atoms with van der Waals surface area (Å²) in [5.41, 5.74) is 3.34. The average molecular weight is 405 g/mol. The quantitative estimate of drug-likeness (QED) is 0.632. The third kappa shape index (κ3) is 3.55. The van der Waals surface area contributed by atoms with Crippen molar-refractivity contribution >= 4 is 16.6 Å². The summed E-state index contributed by atoms with van der Waals surface area (Å²) < 4.78 is 7.42. The van der Waals surface area contributed by atoms with Crippen molar-refractivity contribution in [3.8, 4) is 11.3 Å². The van der Waals surface area contributed by atoms with Gasteiger partial charge < -0.3 is 14.2 Å². The molecule has 0 saturated carbocycles. The van der Waals surface area contributed by atoms with Gasteiger partial charge in [0.15, 0.2) is 0 Å². The first kappa shape index (κ1) is 19.4. The van der Waals surface area contributed by atoms with Gasteiger partial charge in [0, 0.05) is 67.3 Å². The second-order valence-electron chi connectivity index (χ2n) is 9.32. The number of nitrogens with zero attached hydrogens (tertiary/aromatic N) is 4. The van der Waals surface area contributed by atoms with Crippen LogP contribution in [0.2, 0.25) is 0 Å². The zero-order chi connectivity index (χ0) is 20.9. The summed E-state index contributed by atoms with van der Waals surface area (Å²) in [5, 5.41) is 2.19. The number of likely N-dealkylation sites (tertiary alicyclic amines) is 1. The summed E-state index contributed by atoms with van der Waals surface area (Å²) in [7, 11) is 2.03. The van der Waals surface area contributed by atoms with E-state index in [1.807, 2.05) is 26.4 Å². The van der Waals surface area contributed by atoms with Gasteiger partial charge in [-0.25, -0.2) is 4.98 Å². The van der Waals surface area contributed by atoms with Crippen LogP contribution in [0.5, 0.6) is 0 Å². The molecule has 0 radical (unpaired) electrons. The van der Waals surface area contributed by atoms with Crippen LogP contribution in [0.4, 0.5) is 0 Å². The minimum atomic E-state index is 0.135. The van der Waals surface area contributed by atoms with Gasteiger partial charge in [-0.15, -0.1) is 0 Å². The smallest absolute Gasteiger partial charge is 0.144 e. The Balaban J connectivity index is 1.27. The average Bonchev–Trinajstić information content (AvgIpc) is 3.01. The summed E-state index contributed by atoms with van der Waals surface area (Å²) in [6, 6.07) is 8.40. The minimum Gasteiger partial charge on any atom is -0.380 e. The number of aryl methyl sites for hydroxylation is 1. The van der Waals surface area contributed by atoms with Crippen molar-refractivity contribution in [2.75, 3.05) is 32.8 Å². The Morgan fingerprint density at radius 3 is 2.63 bits per heavy atom. The molecule has 3 aromatic rings. The van der Waals surface area contributed by atoms with Crippen molar-refractivity contribution in [2.24, 2.45) is 18.4 Å². The number of aromatic nitrogens is 3. The van der Waals surface area contributed by atoms with Crippen molar-refractivity contribution in [3.05, 3.63) is 48.2 Å². The van der Waals surface area contributed by atoms with Crippen LogP contribution in [0.1, 0.15) is 18.4 Å². The zero-order valence-electron chi connectivity index (χ0n) is 17.9. The van der Waals surface area contributed by atoms with Gasteiger partial charge in [0.1, 0.15) is 11.6 Å². The predicted molar refractivity (Wildman–Crippen MR) is 116 cm³/mol. The first-order valence-corrected chi connectivity index (χ1v) is 10.6. The Kier molecular flexibility index (Phi) is 4.71. The predicted octanol–water partition coefficient (Wildman–Crippen LogP) is 3.02. The monoisotopic (exact) mass is 404 g/mol. The number of carbonyl (C=O) groups excluding carboxylic acids is 1. The highest BCUT2D eigenvalue weighted by atomic mass is 16.5. The lowest BCUT2D eigenvalue weighted by molar-refractivity contribution is -0.139. The van der Waals surface area contributed by atoms with Gasteiger partial charge in [-0.05, 0) is 24.4 Å². The van der Waals surface area contributed by atoms with Crippen LogP contribution in [0.3, 0.4) is 0 Å². The molecule has 0 atom stereocenters. The molecule has 4 heterocycles. The van der Waals surface area contributed by atoms with E-state index in [9.17, 15) is 4.79 Å². The van der Waals surface area contributed by atoms with Crippen LogP contribution in [-0.4, -0.2) is 58.1 Å². The van der Waals surface area contributed by atoms with Crippen LogP contribution in [-0.2, 0) is 23.0 Å². The Hall–Kier alpha value is -2.57. The number of benzene rings is 1. The maximum atomic E-state index is 12.8. The minimum absolute atomic E-state index is 0.135. The van der Waals surface area contributed by atoms with E-state index in [0.717, 1.165) is 66.4 Å². The number of imidazole rings is 1. The first-order valence-electron chi connectivity index (χ1n) is 10.6. The lowest BCUT2D eigenvalue weighted by Gasteiger charge is -2.47. The van der Waals surface area contributed by atoms with Crippen molar-refractivity contribution in [1.29, 1.82) is 0 Å². The van der Waals surface area contributed by atoms with Gasteiger partial charge in [-0.2, -0.15) is 0 Å². The van der Waals surface area contributed by atoms with Gasteiger partial charge in [0.05, 0.1) is 25.1 Å². The highest BCUT2D eigenvalue weighted by Gasteiger charge is 2.40. The molecule has 0 N–H and O–H groups in total. The van der Waals surface area contributed by atoms with Crippen LogP contribution in [0, 0.1) is 18.3 Å². The van der Waals surface area contributed by atoms with E-state index in [-0.39, 0.29) is 11.3 Å². The Morgan fingerprint density at radius 2 is 1.97 bits per heavy atom. The lowest BCUT2D eigenvalue weighted by Crippen LogP contribution is -2.57. The first-order chi connectivity index (χ1) is 14.4. The number of hydrogen-bond acceptors (Lipinski definition) is 5. The molecule has 0 spiro atoms. The maximum absolute atomic E-state index is 12.8. The van der Waals surface area contributed by atoms with Gasteiger partial charge in [0.2, 0.25) is 0 Å². The largest absolute Gasteiger partial charge is 0.380 e. The third-order valence-electron chi connectivity index (χ3n) is 6.57. The molecule has 6 heteroatoms. The van der Waals surface area contributed by atoms with Gasteiger partial charge in [-0.1, -0.05) is 19.1 Å². The number of hydrogen-bond donors (Lipinski definition) is 0. The molecule has 2 saturated heterocycles. The van der Waals surface area contributed by atoms with E-state index < -0.39 is 0 Å². The molecule has 2 aliphatic heterocycles. The highest BCUT2D eigenvalue weighted by Crippen LogP contribution is 2.31. The van der Waals surface area contributed by atoms with Crippen molar-refractivity contribution < 1.29 is 9.53 Å². The van der Waals surface area contributed by atoms with Crippen LogP contribution in [0.25, 0.3) is 22.0 Å². The number of fused-ring (bicyclic) bond motifs is 1. The molecule has 0 amide bonds. The highest BCUT2D eigenvalue weighted by molar-refractivity contribution is 5.88. The number of pyridine rings is 1. The fraction of sp³-hybridized carbons (Fsp3) is 0.458. The number of rotatable bonds is 6. The molecule has 156 valence electrons. The van der Waals surface area contributed by atoms with E-state index in [2.05, 4.69) is 50.6 Å². The second kappa shape index (κ2) is 7.29. The molecule has 1 aromatic carbocycles. The summed E-state index contributed by atoms with van der Waals surface area (Å²) in [5.74, 6) is 1.42. The van der Waals surface area contributed by atoms with Crippen molar-refractivity contribution in [2.45, 2.75) is 20.3 Å². The summed E-state index contributed by atoms with van der Waals surface area (Å²) >= 11 is 0. The van der Waals surface area contributed by atoms with Gasteiger partial charge >= 0.3 is 0 Å². The Morgan fingerprint density at radius 1 is 1.17 bits per heavy atom. The second-order valence-corrected chi connectivity index (χ2v) is 9.32. The standard InChI is InChI=1S/C24H28N4O2/c1-16-25-10-22(27(16)3)17-4-5-18-9-26-21(7-19(18)6-17)8-23(29)20-11-28(12-20)13-24(2)14-30-15-24/h4-7,9-10,20H,8,11-15H2,1-3H3.